The normalized spacial score (nSPS) is 8.36. The molecule has 0 saturated heterocycles. The number of phenols is 1. The Bertz CT molecular complexity index is 321. The Morgan fingerprint density at radius 2 is 2.07 bits per heavy atom. The van der Waals surface area contributed by atoms with Gasteiger partial charge in [0, 0.05) is 5.56 Å². The number of hydrogen-bond donors (Lipinski definition) is 1. The van der Waals surface area contributed by atoms with Gasteiger partial charge in [-0.2, -0.15) is 0 Å². The van der Waals surface area contributed by atoms with Crippen LogP contribution in [0.2, 0.25) is 0 Å². The molecule has 0 atom stereocenters. The molecule has 1 aromatic rings. The van der Waals surface area contributed by atoms with Gasteiger partial charge in [-0.15, -0.1) is 6.58 Å². The molecule has 0 saturated carbocycles. The van der Waals surface area contributed by atoms with E-state index in [0.29, 0.717) is 5.75 Å². The van der Waals surface area contributed by atoms with Crippen LogP contribution >= 0.6 is 0 Å². The van der Waals surface area contributed by atoms with E-state index >= 15 is 0 Å². The van der Waals surface area contributed by atoms with Gasteiger partial charge in [-0.3, -0.25) is 0 Å². The fraction of sp³-hybridized carbons (Fsp3) is 0.200. The molecule has 0 aliphatic carbocycles. The van der Waals surface area contributed by atoms with Crippen LogP contribution in [0, 0.1) is 6.92 Å². The summed E-state index contributed by atoms with van der Waals surface area (Å²) in [5.74, 6) is 0.366. The minimum atomic E-state index is -1.44. The van der Waals surface area contributed by atoms with Crippen molar-refractivity contribution in [3.63, 3.8) is 0 Å². The monoisotopic (exact) mass is 235 g/mol. The van der Waals surface area contributed by atoms with Gasteiger partial charge in [-0.1, -0.05) is 18.2 Å². The Labute approximate surface area is 89.0 Å². The summed E-state index contributed by atoms with van der Waals surface area (Å²) >= 11 is -1.44. The van der Waals surface area contributed by atoms with Crippen molar-refractivity contribution < 1.29 is 27.6 Å². The Balaban J connectivity index is 0.000000500. The summed E-state index contributed by atoms with van der Waals surface area (Å²) in [6.07, 6.45) is 2.53. The van der Waals surface area contributed by atoms with Crippen molar-refractivity contribution >= 4 is 0 Å². The average molecular weight is 235 g/mol. The molecule has 0 amide bonds. The zero-order chi connectivity index (χ0) is 11.0. The number of phenolic OH excluding ortho intramolecular Hbond substituents is 1. The number of hydrogen-bond acceptors (Lipinski definition) is 3. The van der Waals surface area contributed by atoms with Gasteiger partial charge in [0.2, 0.25) is 0 Å². The van der Waals surface area contributed by atoms with E-state index in [1.165, 1.54) is 0 Å². The third-order valence-corrected chi connectivity index (χ3v) is 1.73. The van der Waals surface area contributed by atoms with Gasteiger partial charge < -0.3 is 5.11 Å². The minimum absolute atomic E-state index is 0.366. The van der Waals surface area contributed by atoms with Crippen molar-refractivity contribution in [2.75, 3.05) is 0 Å². The van der Waals surface area contributed by atoms with E-state index in [2.05, 4.69) is 6.58 Å². The summed E-state index contributed by atoms with van der Waals surface area (Å²) in [5.41, 5.74) is 2.09. The van der Waals surface area contributed by atoms with Gasteiger partial charge in [0.05, 0.1) is 0 Å². The van der Waals surface area contributed by atoms with Gasteiger partial charge in [0.1, 0.15) is 5.75 Å². The molecular weight excluding hydrogens is 223 g/mol. The van der Waals surface area contributed by atoms with E-state index in [-0.39, 0.29) is 0 Å². The zero-order valence-electron chi connectivity index (χ0n) is 7.87. The summed E-state index contributed by atoms with van der Waals surface area (Å²) in [4.78, 5) is 0. The fourth-order valence-corrected chi connectivity index (χ4v) is 1.10. The summed E-state index contributed by atoms with van der Waals surface area (Å²) < 4.78 is 16.8. The van der Waals surface area contributed by atoms with E-state index in [0.717, 1.165) is 17.5 Å². The van der Waals surface area contributed by atoms with Crippen LogP contribution < -0.4 is 0 Å². The second kappa shape index (κ2) is 7.30. The van der Waals surface area contributed by atoms with E-state index in [9.17, 15) is 5.11 Å². The number of aryl methyl sites for hydroxylation is 1. The predicted octanol–water partition coefficient (Wildman–Crippen LogP) is 2.19. The summed E-state index contributed by atoms with van der Waals surface area (Å²) in [6.45, 7) is 5.61. The van der Waals surface area contributed by atoms with Crippen molar-refractivity contribution in [1.82, 2.24) is 0 Å². The van der Waals surface area contributed by atoms with E-state index in [1.807, 2.05) is 19.1 Å². The fourth-order valence-electron chi connectivity index (χ4n) is 1.10. The molecular formula is C10H12MnO3. The first-order valence-electron chi connectivity index (χ1n) is 3.95. The number of rotatable bonds is 2. The topological polar surface area (TPSA) is 54.4 Å². The molecule has 4 heteroatoms. The van der Waals surface area contributed by atoms with Crippen LogP contribution in [0.4, 0.5) is 0 Å². The first kappa shape index (κ1) is 12.9. The molecule has 0 radical (unpaired) electrons. The Morgan fingerprint density at radius 3 is 2.50 bits per heavy atom. The standard InChI is InChI=1S/C10H12O.Mn.2O/c1-3-5-9-8(2)6-4-7-10(9)11;;;/h3-4,6-7,11H,1,5H2,2H3;;;. The summed E-state index contributed by atoms with van der Waals surface area (Å²) in [7, 11) is 0. The van der Waals surface area contributed by atoms with Crippen molar-refractivity contribution in [3.05, 3.63) is 42.0 Å². The van der Waals surface area contributed by atoms with Crippen LogP contribution in [0.3, 0.4) is 0 Å². The first-order chi connectivity index (χ1) is 6.67. The van der Waals surface area contributed by atoms with Gasteiger partial charge in [-0.25, -0.2) is 0 Å². The Morgan fingerprint density at radius 1 is 1.50 bits per heavy atom. The number of aromatic hydroxyl groups is 1. The second-order valence-electron chi connectivity index (χ2n) is 2.63. The van der Waals surface area contributed by atoms with E-state index in [4.69, 9.17) is 7.67 Å². The van der Waals surface area contributed by atoms with Crippen LogP contribution in [-0.2, 0) is 28.9 Å². The molecule has 14 heavy (non-hydrogen) atoms. The van der Waals surface area contributed by atoms with Gasteiger partial charge in [-0.05, 0) is 25.0 Å². The molecule has 0 bridgehead atoms. The quantitative estimate of drug-likeness (QED) is 0.631. The molecule has 0 fully saturated rings. The zero-order valence-corrected chi connectivity index (χ0v) is 9.05. The summed E-state index contributed by atoms with van der Waals surface area (Å²) in [5, 5.41) is 9.37. The van der Waals surface area contributed by atoms with Gasteiger partial charge in [0.15, 0.2) is 0 Å². The Hall–Kier alpha value is -1.12. The maximum absolute atomic E-state index is 9.37. The third kappa shape index (κ3) is 4.21. The maximum atomic E-state index is 9.37. The van der Waals surface area contributed by atoms with Crippen LogP contribution in [0.1, 0.15) is 11.1 Å². The average Bonchev–Trinajstić information content (AvgIpc) is 2.13. The van der Waals surface area contributed by atoms with E-state index < -0.39 is 14.8 Å². The van der Waals surface area contributed by atoms with Crippen molar-refractivity contribution in [1.29, 1.82) is 0 Å². The molecule has 1 N–H and O–H groups in total. The molecule has 3 nitrogen and oxygen atoms in total. The van der Waals surface area contributed by atoms with E-state index in [1.54, 1.807) is 12.1 Å². The van der Waals surface area contributed by atoms with Crippen LogP contribution in [-0.4, -0.2) is 5.11 Å². The third-order valence-electron chi connectivity index (χ3n) is 1.73. The Kier molecular flexibility index (Phi) is 6.71. The molecule has 0 aliphatic heterocycles. The van der Waals surface area contributed by atoms with Crippen LogP contribution in [0.5, 0.6) is 5.75 Å². The van der Waals surface area contributed by atoms with Crippen LogP contribution in [0.25, 0.3) is 0 Å². The first-order valence-corrected chi connectivity index (χ1v) is 4.91. The van der Waals surface area contributed by atoms with Crippen LogP contribution in [0.15, 0.2) is 30.9 Å². The molecule has 0 spiro atoms. The molecule has 0 heterocycles. The van der Waals surface area contributed by atoms with Crippen molar-refractivity contribution in [2.45, 2.75) is 13.3 Å². The van der Waals surface area contributed by atoms with Crippen molar-refractivity contribution in [3.8, 4) is 5.75 Å². The van der Waals surface area contributed by atoms with Crippen molar-refractivity contribution in [2.24, 2.45) is 0 Å². The molecule has 0 unspecified atom stereocenters. The second-order valence-corrected chi connectivity index (χ2v) is 2.83. The van der Waals surface area contributed by atoms with Gasteiger partial charge >= 0.3 is 22.5 Å². The number of allylic oxidation sites excluding steroid dienone is 1. The van der Waals surface area contributed by atoms with Gasteiger partial charge in [0.25, 0.3) is 0 Å². The summed E-state index contributed by atoms with van der Waals surface area (Å²) in [6, 6.07) is 5.53. The number of benzene rings is 1. The molecule has 1 aromatic carbocycles. The molecule has 0 aromatic heterocycles. The molecule has 77 valence electrons. The SMILES string of the molecule is C=CCc1c(C)cccc1O.[O]=[Mn]=[O]. The predicted molar refractivity (Wildman–Crippen MR) is 48.1 cm³/mol. The molecule has 1 rings (SSSR count). The molecule has 0 aliphatic rings.